The van der Waals surface area contributed by atoms with Crippen LogP contribution in [0.2, 0.25) is 0 Å². The summed E-state index contributed by atoms with van der Waals surface area (Å²) in [7, 11) is 0. The number of rotatable bonds is 4. The molecular weight excluding hydrogens is 321 g/mol. The number of hydrogen-bond donors (Lipinski definition) is 1. The third-order valence-corrected chi connectivity index (χ3v) is 5.98. The molecule has 3 heterocycles. The van der Waals surface area contributed by atoms with Crippen molar-refractivity contribution in [3.05, 3.63) is 22.4 Å². The summed E-state index contributed by atoms with van der Waals surface area (Å²) >= 11 is 0. The summed E-state index contributed by atoms with van der Waals surface area (Å²) in [6.45, 7) is 8.27. The molecule has 0 bridgehead atoms. The molecule has 1 aromatic rings. The van der Waals surface area contributed by atoms with E-state index < -0.39 is 6.17 Å². The maximum Gasteiger partial charge on any atom is 0.253 e. The number of ether oxygens (including phenoxy) is 1. The molecule has 4 rings (SSSR count). The smallest absolute Gasteiger partial charge is 0.253 e. The summed E-state index contributed by atoms with van der Waals surface area (Å²) in [5, 5.41) is 2.82. The Labute approximate surface area is 147 Å². The second kappa shape index (κ2) is 5.94. The summed E-state index contributed by atoms with van der Waals surface area (Å²) in [5.74, 6) is 0.752. The molecule has 136 valence electrons. The van der Waals surface area contributed by atoms with Gasteiger partial charge in [0.2, 0.25) is 0 Å². The fourth-order valence-corrected chi connectivity index (χ4v) is 3.76. The van der Waals surface area contributed by atoms with Gasteiger partial charge in [0.1, 0.15) is 12.0 Å². The van der Waals surface area contributed by atoms with Crippen molar-refractivity contribution in [2.24, 2.45) is 5.41 Å². The molecule has 1 saturated heterocycles. The Morgan fingerprint density at radius 2 is 2.12 bits per heavy atom. The van der Waals surface area contributed by atoms with E-state index in [0.29, 0.717) is 31.7 Å². The number of carbonyl (C=O) groups excluding carboxylic acids is 1. The van der Waals surface area contributed by atoms with Gasteiger partial charge < -0.3 is 15.0 Å². The number of fused-ring (bicyclic) bond motifs is 1. The van der Waals surface area contributed by atoms with E-state index in [-0.39, 0.29) is 17.4 Å². The van der Waals surface area contributed by atoms with Crippen molar-refractivity contribution in [2.45, 2.75) is 58.9 Å². The van der Waals surface area contributed by atoms with E-state index in [0.717, 1.165) is 29.2 Å². The van der Waals surface area contributed by atoms with Crippen LogP contribution in [0, 0.1) is 19.3 Å². The number of nitrogens with zero attached hydrogens (tertiary/aromatic N) is 2. The lowest BCUT2D eigenvalue weighted by molar-refractivity contribution is -0.0302. The summed E-state index contributed by atoms with van der Waals surface area (Å²) < 4.78 is 20.6. The van der Waals surface area contributed by atoms with Crippen molar-refractivity contribution in [1.29, 1.82) is 0 Å². The summed E-state index contributed by atoms with van der Waals surface area (Å²) in [4.78, 5) is 18.6. The molecule has 1 N–H and O–H groups in total. The van der Waals surface area contributed by atoms with Crippen molar-refractivity contribution in [3.8, 4) is 0 Å². The van der Waals surface area contributed by atoms with Crippen LogP contribution in [0.25, 0.3) is 0 Å². The fourth-order valence-electron chi connectivity index (χ4n) is 3.76. The molecule has 0 spiro atoms. The Morgan fingerprint density at radius 3 is 2.80 bits per heavy atom. The van der Waals surface area contributed by atoms with Crippen LogP contribution >= 0.6 is 0 Å². The second-order valence-electron chi connectivity index (χ2n) is 8.10. The number of aromatic nitrogens is 1. The third-order valence-electron chi connectivity index (χ3n) is 5.98. The largest absolute Gasteiger partial charge is 0.374 e. The standard InChI is InChI=1S/C19H26FN3O2/c1-11-12(2)17(22-14-8-21-18(24)16(11)14)23-7-4-15(13(20)9-23)25-10-19(3)5-6-19/h13,15H,4-10H2,1-3H3,(H,21,24)/t13-,15-/m1/s1. The van der Waals surface area contributed by atoms with Crippen molar-refractivity contribution >= 4 is 11.7 Å². The van der Waals surface area contributed by atoms with Gasteiger partial charge in [-0.25, -0.2) is 9.37 Å². The minimum absolute atomic E-state index is 0.0568. The molecule has 1 aliphatic carbocycles. The zero-order valence-electron chi connectivity index (χ0n) is 15.2. The molecule has 2 atom stereocenters. The molecule has 25 heavy (non-hydrogen) atoms. The molecule has 2 aliphatic heterocycles. The highest BCUT2D eigenvalue weighted by Crippen LogP contribution is 2.45. The maximum atomic E-state index is 14.7. The van der Waals surface area contributed by atoms with Gasteiger partial charge in [-0.3, -0.25) is 4.79 Å². The van der Waals surface area contributed by atoms with Crippen LogP contribution < -0.4 is 10.2 Å². The van der Waals surface area contributed by atoms with Gasteiger partial charge in [0, 0.05) is 6.54 Å². The highest BCUT2D eigenvalue weighted by Gasteiger charge is 2.40. The van der Waals surface area contributed by atoms with Gasteiger partial charge in [0.15, 0.2) is 0 Å². The predicted octanol–water partition coefficient (Wildman–Crippen LogP) is 2.68. The minimum Gasteiger partial charge on any atom is -0.374 e. The number of nitrogens with one attached hydrogen (secondary N) is 1. The Kier molecular flexibility index (Phi) is 3.98. The van der Waals surface area contributed by atoms with Crippen LogP contribution in [-0.4, -0.2) is 42.9 Å². The predicted molar refractivity (Wildman–Crippen MR) is 93.7 cm³/mol. The molecule has 1 aromatic heterocycles. The molecule has 6 heteroatoms. The van der Waals surface area contributed by atoms with Crippen molar-refractivity contribution in [2.75, 3.05) is 24.6 Å². The van der Waals surface area contributed by atoms with Gasteiger partial charge in [-0.2, -0.15) is 0 Å². The van der Waals surface area contributed by atoms with E-state index in [2.05, 4.69) is 17.2 Å². The first-order valence-corrected chi connectivity index (χ1v) is 9.17. The molecule has 0 aromatic carbocycles. The van der Waals surface area contributed by atoms with Gasteiger partial charge in [-0.05, 0) is 49.7 Å². The first kappa shape index (κ1) is 16.8. The number of piperidine rings is 1. The van der Waals surface area contributed by atoms with Crippen LogP contribution in [-0.2, 0) is 11.3 Å². The third kappa shape index (κ3) is 3.01. The van der Waals surface area contributed by atoms with Gasteiger partial charge in [-0.15, -0.1) is 0 Å². The van der Waals surface area contributed by atoms with E-state index in [9.17, 15) is 9.18 Å². The zero-order valence-corrected chi connectivity index (χ0v) is 15.2. The van der Waals surface area contributed by atoms with E-state index in [1.807, 2.05) is 18.7 Å². The highest BCUT2D eigenvalue weighted by atomic mass is 19.1. The number of carbonyl (C=O) groups is 1. The summed E-state index contributed by atoms with van der Waals surface area (Å²) in [5.41, 5.74) is 3.66. The molecule has 0 radical (unpaired) electrons. The molecule has 1 saturated carbocycles. The average molecular weight is 347 g/mol. The van der Waals surface area contributed by atoms with Gasteiger partial charge in [0.05, 0.1) is 37.1 Å². The average Bonchev–Trinajstić information content (AvgIpc) is 3.20. The summed E-state index contributed by atoms with van der Waals surface area (Å²) in [6, 6.07) is 0. The first-order chi connectivity index (χ1) is 11.9. The quantitative estimate of drug-likeness (QED) is 0.910. The Bertz CT molecular complexity index is 717. The molecular formula is C19H26FN3O2. The fraction of sp³-hybridized carbons (Fsp3) is 0.684. The van der Waals surface area contributed by atoms with Crippen molar-refractivity contribution < 1.29 is 13.9 Å². The topological polar surface area (TPSA) is 54.5 Å². The van der Waals surface area contributed by atoms with Crippen LogP contribution in [0.4, 0.5) is 10.2 Å². The lowest BCUT2D eigenvalue weighted by atomic mass is 10.0. The minimum atomic E-state index is -1.01. The number of pyridine rings is 1. The lowest BCUT2D eigenvalue weighted by Gasteiger charge is -2.36. The molecule has 2 fully saturated rings. The maximum absolute atomic E-state index is 14.7. The van der Waals surface area contributed by atoms with E-state index >= 15 is 0 Å². The summed E-state index contributed by atoms with van der Waals surface area (Å²) in [6.07, 6.45) is 1.73. The van der Waals surface area contributed by atoms with Crippen LogP contribution in [0.3, 0.4) is 0 Å². The lowest BCUT2D eigenvalue weighted by Crippen LogP contribution is -2.47. The number of amides is 1. The van der Waals surface area contributed by atoms with E-state index in [1.165, 1.54) is 12.8 Å². The van der Waals surface area contributed by atoms with E-state index in [4.69, 9.17) is 4.74 Å². The normalized spacial score (nSPS) is 27.2. The van der Waals surface area contributed by atoms with E-state index in [1.54, 1.807) is 0 Å². The number of anilines is 1. The molecule has 0 unspecified atom stereocenters. The van der Waals surface area contributed by atoms with Gasteiger partial charge >= 0.3 is 0 Å². The molecule has 3 aliphatic rings. The van der Waals surface area contributed by atoms with Crippen LogP contribution in [0.15, 0.2) is 0 Å². The Morgan fingerprint density at radius 1 is 1.36 bits per heavy atom. The molecule has 5 nitrogen and oxygen atoms in total. The number of halogens is 1. The zero-order chi connectivity index (χ0) is 17.8. The molecule has 1 amide bonds. The van der Waals surface area contributed by atoms with Crippen molar-refractivity contribution in [3.63, 3.8) is 0 Å². The highest BCUT2D eigenvalue weighted by molar-refractivity contribution is 5.99. The van der Waals surface area contributed by atoms with Crippen LogP contribution in [0.5, 0.6) is 0 Å². The monoisotopic (exact) mass is 347 g/mol. The van der Waals surface area contributed by atoms with Gasteiger partial charge in [0.25, 0.3) is 5.91 Å². The van der Waals surface area contributed by atoms with Crippen molar-refractivity contribution in [1.82, 2.24) is 10.3 Å². The Hall–Kier alpha value is -1.69. The van der Waals surface area contributed by atoms with Crippen LogP contribution in [0.1, 0.15) is 53.4 Å². The Balaban J connectivity index is 1.48. The second-order valence-corrected chi connectivity index (χ2v) is 8.10. The number of alkyl halides is 1. The van der Waals surface area contributed by atoms with Gasteiger partial charge in [-0.1, -0.05) is 6.92 Å². The SMILES string of the molecule is Cc1c(N2CC[C@@H](OCC3(C)CC3)[C@H](F)C2)nc2c(c1C)C(=O)NC2. The first-order valence-electron chi connectivity index (χ1n) is 9.17. The number of hydrogen-bond acceptors (Lipinski definition) is 4.